The second-order valence-corrected chi connectivity index (χ2v) is 7.69. The van der Waals surface area contributed by atoms with Crippen molar-refractivity contribution in [1.29, 1.82) is 0 Å². The molecule has 0 spiro atoms. The zero-order valence-electron chi connectivity index (χ0n) is 17.2. The minimum atomic E-state index is 0.535. The first-order chi connectivity index (χ1) is 14.2. The highest BCUT2D eigenvalue weighted by molar-refractivity contribution is 6.31. The summed E-state index contributed by atoms with van der Waals surface area (Å²) in [6.07, 6.45) is 1.96. The Kier molecular flexibility index (Phi) is 8.20. The van der Waals surface area contributed by atoms with E-state index in [-0.39, 0.29) is 0 Å². The second-order valence-electron chi connectivity index (χ2n) is 7.28. The molecule has 2 aromatic carbocycles. The van der Waals surface area contributed by atoms with Crippen LogP contribution in [0.3, 0.4) is 0 Å². The van der Waals surface area contributed by atoms with E-state index in [1.165, 1.54) is 5.56 Å². The number of ether oxygens (including phenoxy) is 2. The van der Waals surface area contributed by atoms with Crippen molar-refractivity contribution in [3.8, 4) is 5.75 Å². The van der Waals surface area contributed by atoms with Crippen molar-refractivity contribution in [2.75, 3.05) is 40.4 Å². The third kappa shape index (κ3) is 6.38. The van der Waals surface area contributed by atoms with Gasteiger partial charge in [0.05, 0.1) is 20.3 Å². The monoisotopic (exact) mass is 415 g/mol. The molecular weight excluding hydrogens is 386 g/mol. The lowest BCUT2D eigenvalue weighted by Crippen LogP contribution is -2.41. The van der Waals surface area contributed by atoms with Crippen LogP contribution in [0.2, 0.25) is 5.02 Å². The Morgan fingerprint density at radius 2 is 2.07 bits per heavy atom. The lowest BCUT2D eigenvalue weighted by Gasteiger charge is -2.22. The van der Waals surface area contributed by atoms with Gasteiger partial charge in [-0.2, -0.15) is 0 Å². The number of nitrogens with one attached hydrogen (secondary N) is 1. The van der Waals surface area contributed by atoms with Crippen LogP contribution in [-0.4, -0.2) is 51.3 Å². The number of benzene rings is 2. The molecule has 0 radical (unpaired) electrons. The van der Waals surface area contributed by atoms with Crippen molar-refractivity contribution >= 4 is 17.6 Å². The molecule has 2 aromatic rings. The molecule has 0 bridgehead atoms. The van der Waals surface area contributed by atoms with E-state index in [4.69, 9.17) is 21.1 Å². The molecule has 1 N–H and O–H groups in total. The smallest absolute Gasteiger partial charge is 0.193 e. The normalized spacial score (nSPS) is 16.9. The SMILES string of the molecule is CN=C(NCCc1ccc(OC)cc1Cl)N1CCC(COCc2ccccc2)C1. The Morgan fingerprint density at radius 3 is 2.79 bits per heavy atom. The Balaban J connectivity index is 1.40. The van der Waals surface area contributed by atoms with Crippen LogP contribution in [0.1, 0.15) is 17.5 Å². The van der Waals surface area contributed by atoms with E-state index in [9.17, 15) is 0 Å². The number of hydrogen-bond donors (Lipinski definition) is 1. The van der Waals surface area contributed by atoms with Crippen molar-refractivity contribution in [2.24, 2.45) is 10.9 Å². The molecule has 5 nitrogen and oxygen atoms in total. The lowest BCUT2D eigenvalue weighted by atomic mass is 10.1. The van der Waals surface area contributed by atoms with Gasteiger partial charge in [-0.05, 0) is 36.1 Å². The summed E-state index contributed by atoms with van der Waals surface area (Å²) in [4.78, 5) is 6.76. The number of hydrogen-bond acceptors (Lipinski definition) is 3. The van der Waals surface area contributed by atoms with Crippen molar-refractivity contribution < 1.29 is 9.47 Å². The highest BCUT2D eigenvalue weighted by Crippen LogP contribution is 2.22. The predicted octanol–water partition coefficient (Wildman–Crippen LogP) is 4.01. The quantitative estimate of drug-likeness (QED) is 0.522. The first-order valence-electron chi connectivity index (χ1n) is 10.1. The topological polar surface area (TPSA) is 46.1 Å². The highest BCUT2D eigenvalue weighted by Gasteiger charge is 2.24. The van der Waals surface area contributed by atoms with E-state index in [0.717, 1.165) is 61.4 Å². The van der Waals surface area contributed by atoms with Gasteiger partial charge in [0, 0.05) is 37.6 Å². The average molecular weight is 416 g/mol. The Hall–Kier alpha value is -2.24. The zero-order chi connectivity index (χ0) is 20.5. The van der Waals surface area contributed by atoms with Crippen LogP contribution in [0.15, 0.2) is 53.5 Å². The lowest BCUT2D eigenvalue weighted by molar-refractivity contribution is 0.0907. The average Bonchev–Trinajstić information content (AvgIpc) is 3.21. The molecule has 1 unspecified atom stereocenters. The molecule has 1 heterocycles. The maximum atomic E-state index is 6.33. The molecule has 3 rings (SSSR count). The molecule has 0 aliphatic carbocycles. The third-order valence-corrected chi connectivity index (χ3v) is 5.55. The van der Waals surface area contributed by atoms with Gasteiger partial charge < -0.3 is 19.7 Å². The standard InChI is InChI=1S/C23H30ClN3O2/c1-25-23(26-12-10-20-8-9-21(28-2)14-22(20)24)27-13-11-19(15-27)17-29-16-18-6-4-3-5-7-18/h3-9,14,19H,10-13,15-17H2,1-2H3,(H,25,26). The second kappa shape index (κ2) is 11.1. The summed E-state index contributed by atoms with van der Waals surface area (Å²) in [6, 6.07) is 16.1. The molecule has 1 saturated heterocycles. The maximum Gasteiger partial charge on any atom is 0.193 e. The van der Waals surface area contributed by atoms with Crippen LogP contribution in [0.4, 0.5) is 0 Å². The third-order valence-electron chi connectivity index (χ3n) is 5.20. The van der Waals surface area contributed by atoms with E-state index >= 15 is 0 Å². The summed E-state index contributed by atoms with van der Waals surface area (Å²) >= 11 is 6.33. The Morgan fingerprint density at radius 1 is 1.24 bits per heavy atom. The molecule has 29 heavy (non-hydrogen) atoms. The van der Waals surface area contributed by atoms with Gasteiger partial charge in [-0.25, -0.2) is 0 Å². The Bertz CT molecular complexity index is 798. The van der Waals surface area contributed by atoms with E-state index in [1.807, 2.05) is 43.4 Å². The fourth-order valence-electron chi connectivity index (χ4n) is 3.58. The van der Waals surface area contributed by atoms with Crippen LogP contribution in [0.25, 0.3) is 0 Å². The Labute approximate surface area is 178 Å². The zero-order valence-corrected chi connectivity index (χ0v) is 18.0. The summed E-state index contributed by atoms with van der Waals surface area (Å²) in [6.45, 7) is 4.21. The van der Waals surface area contributed by atoms with Crippen LogP contribution in [0, 0.1) is 5.92 Å². The number of nitrogens with zero attached hydrogens (tertiary/aromatic N) is 2. The number of guanidine groups is 1. The number of aliphatic imine (C=N–C) groups is 1. The van der Waals surface area contributed by atoms with Gasteiger partial charge in [-0.15, -0.1) is 0 Å². The molecule has 1 aliphatic heterocycles. The first-order valence-corrected chi connectivity index (χ1v) is 10.5. The van der Waals surface area contributed by atoms with Crippen molar-refractivity contribution in [2.45, 2.75) is 19.4 Å². The highest BCUT2D eigenvalue weighted by atomic mass is 35.5. The van der Waals surface area contributed by atoms with E-state index in [2.05, 4.69) is 27.3 Å². The number of likely N-dealkylation sites (tertiary alicyclic amines) is 1. The largest absolute Gasteiger partial charge is 0.497 e. The minimum absolute atomic E-state index is 0.535. The molecule has 0 aromatic heterocycles. The summed E-state index contributed by atoms with van der Waals surface area (Å²) in [5.41, 5.74) is 2.32. The van der Waals surface area contributed by atoms with Gasteiger partial charge in [0.15, 0.2) is 5.96 Å². The van der Waals surface area contributed by atoms with Gasteiger partial charge in [0.2, 0.25) is 0 Å². The van der Waals surface area contributed by atoms with Gasteiger partial charge in [0.1, 0.15) is 5.75 Å². The minimum Gasteiger partial charge on any atom is -0.497 e. The summed E-state index contributed by atoms with van der Waals surface area (Å²) in [7, 11) is 3.48. The van der Waals surface area contributed by atoms with Crippen LogP contribution >= 0.6 is 11.6 Å². The summed E-state index contributed by atoms with van der Waals surface area (Å²) < 4.78 is 11.1. The van der Waals surface area contributed by atoms with E-state index < -0.39 is 0 Å². The molecule has 0 amide bonds. The maximum absolute atomic E-state index is 6.33. The predicted molar refractivity (Wildman–Crippen MR) is 119 cm³/mol. The molecule has 1 atom stereocenters. The van der Waals surface area contributed by atoms with Crippen molar-refractivity contribution in [3.63, 3.8) is 0 Å². The van der Waals surface area contributed by atoms with Crippen LogP contribution in [0.5, 0.6) is 5.75 Å². The molecular formula is C23H30ClN3O2. The van der Waals surface area contributed by atoms with Crippen molar-refractivity contribution in [1.82, 2.24) is 10.2 Å². The van der Waals surface area contributed by atoms with Crippen LogP contribution < -0.4 is 10.1 Å². The van der Waals surface area contributed by atoms with Crippen LogP contribution in [-0.2, 0) is 17.8 Å². The number of methoxy groups -OCH3 is 1. The van der Waals surface area contributed by atoms with Gasteiger partial charge in [-0.1, -0.05) is 48.0 Å². The summed E-state index contributed by atoms with van der Waals surface area (Å²) in [5.74, 6) is 2.26. The summed E-state index contributed by atoms with van der Waals surface area (Å²) in [5, 5.41) is 4.20. The molecule has 6 heteroatoms. The van der Waals surface area contributed by atoms with Gasteiger partial charge >= 0.3 is 0 Å². The van der Waals surface area contributed by atoms with E-state index in [0.29, 0.717) is 12.5 Å². The number of halogens is 1. The van der Waals surface area contributed by atoms with Gasteiger partial charge in [0.25, 0.3) is 0 Å². The molecule has 0 saturated carbocycles. The fourth-order valence-corrected chi connectivity index (χ4v) is 3.84. The van der Waals surface area contributed by atoms with E-state index in [1.54, 1.807) is 7.11 Å². The first kappa shape index (κ1) is 21.5. The van der Waals surface area contributed by atoms with Gasteiger partial charge in [-0.3, -0.25) is 4.99 Å². The fraction of sp³-hybridized carbons (Fsp3) is 0.435. The number of rotatable bonds is 8. The molecule has 1 fully saturated rings. The van der Waals surface area contributed by atoms with Crippen molar-refractivity contribution in [3.05, 3.63) is 64.7 Å². The molecule has 1 aliphatic rings. The molecule has 156 valence electrons.